The Morgan fingerprint density at radius 2 is 2.20 bits per heavy atom. The topological polar surface area (TPSA) is 38.9 Å². The molecule has 0 radical (unpaired) electrons. The summed E-state index contributed by atoms with van der Waals surface area (Å²) >= 11 is 3.41. The lowest BCUT2D eigenvalue weighted by Gasteiger charge is -2.01. The molecule has 0 aliphatic heterocycles. The molecular weight excluding hydrogens is 256 g/mol. The Balaban J connectivity index is 2.07. The summed E-state index contributed by atoms with van der Waals surface area (Å²) in [4.78, 5) is 8.92. The Morgan fingerprint density at radius 3 is 2.87 bits per heavy atom. The maximum absolute atomic E-state index is 5.05. The second-order valence-electron chi connectivity index (χ2n) is 3.72. The molecule has 1 aliphatic rings. The molecule has 0 amide bonds. The van der Waals surface area contributed by atoms with E-state index >= 15 is 0 Å². The van der Waals surface area contributed by atoms with Crippen molar-refractivity contribution in [2.75, 3.05) is 0 Å². The van der Waals surface area contributed by atoms with Gasteiger partial charge in [0.25, 0.3) is 0 Å². The van der Waals surface area contributed by atoms with Gasteiger partial charge in [-0.05, 0) is 40.9 Å². The maximum atomic E-state index is 5.05. The van der Waals surface area contributed by atoms with Crippen molar-refractivity contribution in [3.8, 4) is 11.3 Å². The molecule has 1 aliphatic carbocycles. The molecule has 4 heteroatoms. The average molecular weight is 265 g/mol. The van der Waals surface area contributed by atoms with Crippen LogP contribution in [-0.2, 0) is 0 Å². The molecule has 3 nitrogen and oxygen atoms in total. The molecule has 0 spiro atoms. The minimum absolute atomic E-state index is 0.563. The first-order valence-corrected chi connectivity index (χ1v) is 5.69. The van der Waals surface area contributed by atoms with E-state index in [4.69, 9.17) is 4.42 Å². The summed E-state index contributed by atoms with van der Waals surface area (Å²) in [6.07, 6.45) is 5.77. The van der Waals surface area contributed by atoms with Gasteiger partial charge in [-0.3, -0.25) is 0 Å². The third kappa shape index (κ3) is 1.81. The van der Waals surface area contributed by atoms with Gasteiger partial charge in [0, 0.05) is 11.5 Å². The molecule has 1 fully saturated rings. The fraction of sp³-hybridized carbons (Fsp3) is 0.273. The van der Waals surface area contributed by atoms with Crippen LogP contribution < -0.4 is 0 Å². The lowest BCUT2D eigenvalue weighted by atomic mass is 10.2. The summed E-state index contributed by atoms with van der Waals surface area (Å²) in [5.41, 5.74) is 1.92. The monoisotopic (exact) mass is 264 g/mol. The molecule has 0 saturated heterocycles. The molecule has 0 aromatic carbocycles. The lowest BCUT2D eigenvalue weighted by molar-refractivity contribution is 0.568. The van der Waals surface area contributed by atoms with Crippen LogP contribution in [0, 0.1) is 0 Å². The Bertz CT molecular complexity index is 477. The summed E-state index contributed by atoms with van der Waals surface area (Å²) in [6, 6.07) is 3.82. The summed E-state index contributed by atoms with van der Waals surface area (Å²) in [5, 5.41) is 0. The Kier molecular flexibility index (Phi) is 2.09. The van der Waals surface area contributed by atoms with Crippen molar-refractivity contribution in [1.82, 2.24) is 9.97 Å². The first-order valence-electron chi connectivity index (χ1n) is 4.90. The predicted octanol–water partition coefficient (Wildman–Crippen LogP) is 3.38. The van der Waals surface area contributed by atoms with Crippen LogP contribution in [-0.4, -0.2) is 9.97 Å². The SMILES string of the molecule is Brc1cc(-c2ccoc2)nc(C2CC2)n1. The number of halogens is 1. The summed E-state index contributed by atoms with van der Waals surface area (Å²) in [5.74, 6) is 1.51. The molecule has 1 saturated carbocycles. The van der Waals surface area contributed by atoms with Crippen molar-refractivity contribution in [2.45, 2.75) is 18.8 Å². The van der Waals surface area contributed by atoms with Crippen LogP contribution in [0.25, 0.3) is 11.3 Å². The molecule has 0 unspecified atom stereocenters. The third-order valence-corrected chi connectivity index (χ3v) is 2.88. The van der Waals surface area contributed by atoms with Crippen LogP contribution in [0.2, 0.25) is 0 Å². The molecule has 0 bridgehead atoms. The second kappa shape index (κ2) is 3.45. The highest BCUT2D eigenvalue weighted by atomic mass is 79.9. The van der Waals surface area contributed by atoms with Gasteiger partial charge in [-0.2, -0.15) is 0 Å². The molecule has 2 aromatic rings. The second-order valence-corrected chi connectivity index (χ2v) is 4.53. The van der Waals surface area contributed by atoms with Crippen molar-refractivity contribution in [2.24, 2.45) is 0 Å². The Morgan fingerprint density at radius 1 is 1.33 bits per heavy atom. The van der Waals surface area contributed by atoms with Gasteiger partial charge >= 0.3 is 0 Å². The number of aromatic nitrogens is 2. The van der Waals surface area contributed by atoms with E-state index in [2.05, 4.69) is 25.9 Å². The first kappa shape index (κ1) is 9.09. The van der Waals surface area contributed by atoms with Crippen molar-refractivity contribution in [1.29, 1.82) is 0 Å². The van der Waals surface area contributed by atoms with E-state index in [1.807, 2.05) is 12.1 Å². The minimum atomic E-state index is 0.563. The van der Waals surface area contributed by atoms with Crippen LogP contribution >= 0.6 is 15.9 Å². The van der Waals surface area contributed by atoms with Gasteiger partial charge in [0.1, 0.15) is 10.4 Å². The molecule has 0 N–H and O–H groups in total. The van der Waals surface area contributed by atoms with E-state index < -0.39 is 0 Å². The fourth-order valence-corrected chi connectivity index (χ4v) is 1.92. The van der Waals surface area contributed by atoms with Crippen LogP contribution in [0.5, 0.6) is 0 Å². The number of rotatable bonds is 2. The van der Waals surface area contributed by atoms with E-state index in [9.17, 15) is 0 Å². The molecule has 15 heavy (non-hydrogen) atoms. The molecule has 0 atom stereocenters. The Hall–Kier alpha value is -1.16. The van der Waals surface area contributed by atoms with Crippen LogP contribution in [0.1, 0.15) is 24.6 Å². The highest BCUT2D eigenvalue weighted by Gasteiger charge is 2.27. The summed E-state index contributed by atoms with van der Waals surface area (Å²) in [7, 11) is 0. The van der Waals surface area contributed by atoms with Gasteiger partial charge in [-0.1, -0.05) is 0 Å². The molecule has 76 valence electrons. The van der Waals surface area contributed by atoms with Crippen LogP contribution in [0.3, 0.4) is 0 Å². The standard InChI is InChI=1S/C11H9BrN2O/c12-10-5-9(8-3-4-15-6-8)13-11(14-10)7-1-2-7/h3-7H,1-2H2. The molecular formula is C11H9BrN2O. The molecule has 3 rings (SSSR count). The Labute approximate surface area is 95.7 Å². The predicted molar refractivity (Wildman–Crippen MR) is 59.4 cm³/mol. The van der Waals surface area contributed by atoms with E-state index in [-0.39, 0.29) is 0 Å². The zero-order valence-electron chi connectivity index (χ0n) is 7.98. The zero-order valence-corrected chi connectivity index (χ0v) is 9.57. The third-order valence-electron chi connectivity index (χ3n) is 2.47. The van der Waals surface area contributed by atoms with E-state index in [1.54, 1.807) is 12.5 Å². The molecule has 2 aromatic heterocycles. The van der Waals surface area contributed by atoms with Crippen molar-refractivity contribution < 1.29 is 4.42 Å². The zero-order chi connectivity index (χ0) is 10.3. The van der Waals surface area contributed by atoms with Crippen LogP contribution in [0.4, 0.5) is 0 Å². The summed E-state index contributed by atoms with van der Waals surface area (Å²) in [6.45, 7) is 0. The van der Waals surface area contributed by atoms with Crippen molar-refractivity contribution in [3.05, 3.63) is 35.1 Å². The summed E-state index contributed by atoms with van der Waals surface area (Å²) < 4.78 is 5.89. The van der Waals surface area contributed by atoms with E-state index in [0.29, 0.717) is 5.92 Å². The van der Waals surface area contributed by atoms with Gasteiger partial charge in [-0.25, -0.2) is 9.97 Å². The largest absolute Gasteiger partial charge is 0.472 e. The smallest absolute Gasteiger partial charge is 0.133 e. The highest BCUT2D eigenvalue weighted by molar-refractivity contribution is 9.10. The van der Waals surface area contributed by atoms with E-state index in [1.165, 1.54) is 12.8 Å². The number of hydrogen-bond acceptors (Lipinski definition) is 3. The average Bonchev–Trinajstić information content (AvgIpc) is 2.93. The number of furan rings is 1. The van der Waals surface area contributed by atoms with Crippen LogP contribution in [0.15, 0.2) is 33.7 Å². The highest BCUT2D eigenvalue weighted by Crippen LogP contribution is 2.39. The van der Waals surface area contributed by atoms with E-state index in [0.717, 1.165) is 21.7 Å². The quantitative estimate of drug-likeness (QED) is 0.781. The first-order chi connectivity index (χ1) is 7.33. The lowest BCUT2D eigenvalue weighted by Crippen LogP contribution is -1.94. The van der Waals surface area contributed by atoms with Gasteiger partial charge in [-0.15, -0.1) is 0 Å². The van der Waals surface area contributed by atoms with Gasteiger partial charge in [0.2, 0.25) is 0 Å². The van der Waals surface area contributed by atoms with Gasteiger partial charge < -0.3 is 4.42 Å². The van der Waals surface area contributed by atoms with Crippen molar-refractivity contribution in [3.63, 3.8) is 0 Å². The number of hydrogen-bond donors (Lipinski definition) is 0. The number of nitrogens with zero attached hydrogens (tertiary/aromatic N) is 2. The maximum Gasteiger partial charge on any atom is 0.133 e. The van der Waals surface area contributed by atoms with Gasteiger partial charge in [0.05, 0.1) is 18.2 Å². The molecule has 2 heterocycles. The minimum Gasteiger partial charge on any atom is -0.472 e. The fourth-order valence-electron chi connectivity index (χ4n) is 1.52. The normalized spacial score (nSPS) is 15.5. The van der Waals surface area contributed by atoms with Gasteiger partial charge in [0.15, 0.2) is 0 Å². The van der Waals surface area contributed by atoms with Crippen molar-refractivity contribution >= 4 is 15.9 Å².